The van der Waals surface area contributed by atoms with Crippen LogP contribution in [0.5, 0.6) is 0 Å². The minimum absolute atomic E-state index is 0.290. The van der Waals surface area contributed by atoms with E-state index in [1.807, 2.05) is 45.0 Å². The molecule has 0 unspecified atom stereocenters. The van der Waals surface area contributed by atoms with Gasteiger partial charge < -0.3 is 10.1 Å². The number of alkyl carbamates (subject to hydrolysis) is 1. The third kappa shape index (κ3) is 3.61. The zero-order valence-corrected chi connectivity index (χ0v) is 14.6. The van der Waals surface area contributed by atoms with Gasteiger partial charge in [-0.15, -0.1) is 0 Å². The van der Waals surface area contributed by atoms with Crippen LogP contribution >= 0.6 is 0 Å². The van der Waals surface area contributed by atoms with Crippen molar-refractivity contribution in [2.75, 3.05) is 0 Å². The van der Waals surface area contributed by atoms with Gasteiger partial charge >= 0.3 is 6.09 Å². The van der Waals surface area contributed by atoms with Gasteiger partial charge in [0, 0.05) is 0 Å². The standard InChI is InChI=1S/C21H24NO2/c1-20(2,3)24-19(23)22-21(14-7-15-21)18-12-10-17(11-13-18)16-8-5-4-6-9-16/h4-6,8,10-13H,7,14-15H2,1-3H3,(H,22,23). The molecule has 1 fully saturated rings. The number of hydrogen-bond donors (Lipinski definition) is 1. The van der Waals surface area contributed by atoms with E-state index in [0.717, 1.165) is 36.0 Å². The molecule has 1 saturated carbocycles. The van der Waals surface area contributed by atoms with Gasteiger partial charge in [0.1, 0.15) is 5.60 Å². The quantitative estimate of drug-likeness (QED) is 0.858. The molecule has 0 spiro atoms. The van der Waals surface area contributed by atoms with E-state index in [4.69, 9.17) is 4.74 Å². The fourth-order valence-corrected chi connectivity index (χ4v) is 3.06. The molecule has 3 heteroatoms. The average Bonchev–Trinajstić information content (AvgIpc) is 2.50. The number of ether oxygens (including phenoxy) is 1. The van der Waals surface area contributed by atoms with Crippen molar-refractivity contribution in [2.24, 2.45) is 0 Å². The molecule has 0 aliphatic heterocycles. The third-order valence-corrected chi connectivity index (χ3v) is 4.40. The second-order valence-electron chi connectivity index (χ2n) is 7.42. The summed E-state index contributed by atoms with van der Waals surface area (Å²) in [6, 6.07) is 19.6. The molecule has 1 aliphatic carbocycles. The van der Waals surface area contributed by atoms with Crippen molar-refractivity contribution in [2.45, 2.75) is 51.2 Å². The van der Waals surface area contributed by atoms with Crippen LogP contribution in [0.25, 0.3) is 11.1 Å². The molecule has 2 aromatic carbocycles. The maximum atomic E-state index is 12.2. The highest BCUT2D eigenvalue weighted by Crippen LogP contribution is 2.42. The first kappa shape index (κ1) is 16.6. The van der Waals surface area contributed by atoms with Crippen molar-refractivity contribution >= 4 is 6.09 Å². The van der Waals surface area contributed by atoms with Crippen molar-refractivity contribution in [3.63, 3.8) is 0 Å². The monoisotopic (exact) mass is 322 g/mol. The van der Waals surface area contributed by atoms with Crippen LogP contribution in [0.1, 0.15) is 45.6 Å². The highest BCUT2D eigenvalue weighted by molar-refractivity contribution is 5.70. The summed E-state index contributed by atoms with van der Waals surface area (Å²) in [5.74, 6) is 0. The van der Waals surface area contributed by atoms with Gasteiger partial charge in [0.05, 0.1) is 5.54 Å². The normalized spacial score (nSPS) is 16.1. The van der Waals surface area contributed by atoms with E-state index in [1.54, 1.807) is 0 Å². The molecule has 24 heavy (non-hydrogen) atoms. The molecule has 1 aliphatic rings. The lowest BCUT2D eigenvalue weighted by Gasteiger charge is -2.43. The maximum Gasteiger partial charge on any atom is 0.408 e. The summed E-state index contributed by atoms with van der Waals surface area (Å²) in [5.41, 5.74) is 2.57. The Hall–Kier alpha value is -2.29. The summed E-state index contributed by atoms with van der Waals surface area (Å²) in [7, 11) is 0. The van der Waals surface area contributed by atoms with E-state index < -0.39 is 5.60 Å². The first-order valence-electron chi connectivity index (χ1n) is 8.47. The molecule has 0 atom stereocenters. The van der Waals surface area contributed by atoms with Crippen molar-refractivity contribution in [3.05, 3.63) is 60.2 Å². The maximum absolute atomic E-state index is 12.2. The van der Waals surface area contributed by atoms with Gasteiger partial charge in [-0.25, -0.2) is 4.79 Å². The number of hydrogen-bond acceptors (Lipinski definition) is 2. The van der Waals surface area contributed by atoms with Crippen LogP contribution in [-0.4, -0.2) is 11.7 Å². The summed E-state index contributed by atoms with van der Waals surface area (Å²) in [6.07, 6.45) is 2.67. The Morgan fingerprint density at radius 1 is 1.12 bits per heavy atom. The average molecular weight is 322 g/mol. The van der Waals surface area contributed by atoms with E-state index in [2.05, 4.69) is 35.6 Å². The van der Waals surface area contributed by atoms with E-state index in [-0.39, 0.29) is 11.6 Å². The van der Waals surface area contributed by atoms with Gasteiger partial charge in [0.25, 0.3) is 0 Å². The van der Waals surface area contributed by atoms with Crippen molar-refractivity contribution < 1.29 is 9.53 Å². The Balaban J connectivity index is 1.77. The molecule has 3 nitrogen and oxygen atoms in total. The van der Waals surface area contributed by atoms with Crippen LogP contribution in [0.4, 0.5) is 4.79 Å². The van der Waals surface area contributed by atoms with Crippen LogP contribution in [0, 0.1) is 6.07 Å². The van der Waals surface area contributed by atoms with E-state index in [0.29, 0.717) is 0 Å². The van der Waals surface area contributed by atoms with E-state index in [1.165, 1.54) is 0 Å². The fraction of sp³-hybridized carbons (Fsp3) is 0.381. The number of nitrogens with one attached hydrogen (secondary N) is 1. The molecular formula is C21H24NO2. The van der Waals surface area contributed by atoms with Crippen molar-refractivity contribution in [1.29, 1.82) is 0 Å². The molecule has 125 valence electrons. The Kier molecular flexibility index (Phi) is 4.35. The van der Waals surface area contributed by atoms with Gasteiger partial charge in [-0.1, -0.05) is 48.5 Å². The van der Waals surface area contributed by atoms with Gasteiger partial charge in [-0.05, 0) is 62.8 Å². The first-order valence-corrected chi connectivity index (χ1v) is 8.47. The number of amides is 1. The predicted molar refractivity (Wildman–Crippen MR) is 95.6 cm³/mol. The predicted octanol–water partition coefficient (Wildman–Crippen LogP) is 5.06. The molecule has 1 N–H and O–H groups in total. The lowest BCUT2D eigenvalue weighted by molar-refractivity contribution is 0.0377. The van der Waals surface area contributed by atoms with Crippen LogP contribution in [0.3, 0.4) is 0 Å². The fourth-order valence-electron chi connectivity index (χ4n) is 3.06. The Morgan fingerprint density at radius 3 is 2.33 bits per heavy atom. The van der Waals surface area contributed by atoms with Gasteiger partial charge in [-0.3, -0.25) is 0 Å². The number of carbonyl (C=O) groups is 1. The SMILES string of the molecule is CC(C)(C)OC(=O)NC1(c2ccc(-c3[c]cccc3)cc2)CCC1. The molecule has 3 rings (SSSR count). The Morgan fingerprint density at radius 2 is 1.83 bits per heavy atom. The zero-order chi connectivity index (χ0) is 17.2. The van der Waals surface area contributed by atoms with E-state index in [9.17, 15) is 4.79 Å². The molecule has 0 heterocycles. The van der Waals surface area contributed by atoms with Crippen molar-refractivity contribution in [1.82, 2.24) is 5.32 Å². The number of benzene rings is 2. The zero-order valence-electron chi connectivity index (χ0n) is 14.6. The highest BCUT2D eigenvalue weighted by atomic mass is 16.6. The smallest absolute Gasteiger partial charge is 0.408 e. The molecular weight excluding hydrogens is 298 g/mol. The van der Waals surface area contributed by atoms with Gasteiger partial charge in [0.15, 0.2) is 0 Å². The second-order valence-corrected chi connectivity index (χ2v) is 7.42. The summed E-state index contributed by atoms with van der Waals surface area (Å²) >= 11 is 0. The van der Waals surface area contributed by atoms with Crippen LogP contribution in [0.2, 0.25) is 0 Å². The topological polar surface area (TPSA) is 38.3 Å². The third-order valence-electron chi connectivity index (χ3n) is 4.40. The summed E-state index contributed by atoms with van der Waals surface area (Å²) in [5, 5.41) is 3.09. The molecule has 0 bridgehead atoms. The summed E-state index contributed by atoms with van der Waals surface area (Å²) in [4.78, 5) is 12.2. The Labute approximate surface area is 144 Å². The van der Waals surface area contributed by atoms with Crippen LogP contribution in [-0.2, 0) is 10.3 Å². The highest BCUT2D eigenvalue weighted by Gasteiger charge is 2.41. The minimum Gasteiger partial charge on any atom is -0.444 e. The van der Waals surface area contributed by atoms with Crippen LogP contribution < -0.4 is 5.32 Å². The molecule has 1 amide bonds. The van der Waals surface area contributed by atoms with Crippen LogP contribution in [0.15, 0.2) is 48.5 Å². The summed E-state index contributed by atoms with van der Waals surface area (Å²) in [6.45, 7) is 5.64. The van der Waals surface area contributed by atoms with Gasteiger partial charge in [0.2, 0.25) is 0 Å². The largest absolute Gasteiger partial charge is 0.444 e. The second kappa shape index (κ2) is 6.31. The molecule has 0 aromatic heterocycles. The number of carbonyl (C=O) groups excluding carboxylic acids is 1. The minimum atomic E-state index is -0.484. The Bertz CT molecular complexity index is 695. The number of rotatable bonds is 3. The molecule has 2 aromatic rings. The van der Waals surface area contributed by atoms with Gasteiger partial charge in [-0.2, -0.15) is 0 Å². The molecule has 1 radical (unpaired) electrons. The lowest BCUT2D eigenvalue weighted by Crippen LogP contribution is -2.52. The first-order chi connectivity index (χ1) is 11.4. The summed E-state index contributed by atoms with van der Waals surface area (Å²) < 4.78 is 5.43. The molecule has 0 saturated heterocycles. The van der Waals surface area contributed by atoms with Crippen molar-refractivity contribution in [3.8, 4) is 11.1 Å². The lowest BCUT2D eigenvalue weighted by atomic mass is 9.71. The van der Waals surface area contributed by atoms with E-state index >= 15 is 0 Å².